The highest BCUT2D eigenvalue weighted by Crippen LogP contribution is 2.20. The van der Waals surface area contributed by atoms with Crippen LogP contribution >= 0.6 is 11.6 Å². The molecule has 1 aromatic carbocycles. The molecular formula is C22H31ClN6O2. The lowest BCUT2D eigenvalue weighted by Crippen LogP contribution is -2.50. The zero-order chi connectivity index (χ0) is 22.2. The fourth-order valence-electron chi connectivity index (χ4n) is 3.76. The number of nitrogens with one attached hydrogen (secondary N) is 2. The molecule has 2 aromatic rings. The second-order valence-electron chi connectivity index (χ2n) is 7.71. The molecule has 8 nitrogen and oxygen atoms in total. The topological polar surface area (TPSA) is 95.7 Å². The Morgan fingerprint density at radius 2 is 2.06 bits per heavy atom. The van der Waals surface area contributed by atoms with E-state index in [2.05, 4.69) is 39.6 Å². The van der Waals surface area contributed by atoms with Crippen molar-refractivity contribution < 1.29 is 9.32 Å². The van der Waals surface area contributed by atoms with Crippen molar-refractivity contribution in [3.05, 3.63) is 35.2 Å². The van der Waals surface area contributed by atoms with Crippen LogP contribution in [0.4, 0.5) is 0 Å². The lowest BCUT2D eigenvalue weighted by atomic mass is 9.98. The van der Waals surface area contributed by atoms with Crippen LogP contribution in [-0.4, -0.2) is 53.1 Å². The fraction of sp³-hybridized carbons (Fsp3) is 0.545. The van der Waals surface area contributed by atoms with Crippen molar-refractivity contribution in [2.24, 2.45) is 10.9 Å². The monoisotopic (exact) mass is 446 g/mol. The number of likely N-dealkylation sites (tertiary alicyclic amines) is 1. The van der Waals surface area contributed by atoms with Crippen LogP contribution in [0, 0.1) is 5.92 Å². The van der Waals surface area contributed by atoms with Crippen LogP contribution in [0.3, 0.4) is 0 Å². The van der Waals surface area contributed by atoms with Gasteiger partial charge in [-0.05, 0) is 37.8 Å². The predicted octanol–water partition coefficient (Wildman–Crippen LogP) is 3.48. The van der Waals surface area contributed by atoms with Crippen LogP contribution in [0.5, 0.6) is 0 Å². The lowest BCUT2D eigenvalue weighted by Gasteiger charge is -2.34. The lowest BCUT2D eigenvalue weighted by molar-refractivity contribution is -0.136. The summed E-state index contributed by atoms with van der Waals surface area (Å²) in [5, 5.41) is 11.3. The summed E-state index contributed by atoms with van der Waals surface area (Å²) in [5.41, 5.74) is 0.805. The van der Waals surface area contributed by atoms with Gasteiger partial charge in [-0.15, -0.1) is 0 Å². The summed E-state index contributed by atoms with van der Waals surface area (Å²) < 4.78 is 5.33. The van der Waals surface area contributed by atoms with Crippen LogP contribution < -0.4 is 10.6 Å². The third kappa shape index (κ3) is 6.19. The average Bonchev–Trinajstić information content (AvgIpc) is 3.27. The Morgan fingerprint density at radius 1 is 1.32 bits per heavy atom. The second kappa shape index (κ2) is 11.1. The van der Waals surface area contributed by atoms with Gasteiger partial charge in [0.25, 0.3) is 0 Å². The molecule has 0 atom stereocenters. The maximum Gasteiger partial charge on any atom is 0.246 e. The first kappa shape index (κ1) is 23.1. The van der Waals surface area contributed by atoms with Crippen molar-refractivity contribution in [1.29, 1.82) is 0 Å². The van der Waals surface area contributed by atoms with Crippen molar-refractivity contribution in [1.82, 2.24) is 25.7 Å². The van der Waals surface area contributed by atoms with Gasteiger partial charge in [-0.2, -0.15) is 4.98 Å². The van der Waals surface area contributed by atoms with Gasteiger partial charge in [0.2, 0.25) is 17.6 Å². The molecule has 1 saturated heterocycles. The second-order valence-corrected chi connectivity index (χ2v) is 8.14. The molecule has 3 rings (SSSR count). The predicted molar refractivity (Wildman–Crippen MR) is 122 cm³/mol. The van der Waals surface area contributed by atoms with Gasteiger partial charge in [0, 0.05) is 42.7 Å². The van der Waals surface area contributed by atoms with Gasteiger partial charge in [0.1, 0.15) is 0 Å². The highest BCUT2D eigenvalue weighted by Gasteiger charge is 2.26. The minimum absolute atomic E-state index is 0.144. The minimum atomic E-state index is 0.144. The smallest absolute Gasteiger partial charge is 0.246 e. The molecule has 168 valence electrons. The number of aliphatic imine (C=N–C) groups is 1. The number of piperidine rings is 1. The molecule has 0 saturated carbocycles. The van der Waals surface area contributed by atoms with Crippen molar-refractivity contribution in [3.8, 4) is 11.4 Å². The van der Waals surface area contributed by atoms with Crippen LogP contribution in [0.2, 0.25) is 5.02 Å². The number of aromatic nitrogens is 2. The highest BCUT2D eigenvalue weighted by atomic mass is 35.5. The maximum absolute atomic E-state index is 12.6. The van der Waals surface area contributed by atoms with E-state index in [4.69, 9.17) is 16.1 Å². The van der Waals surface area contributed by atoms with E-state index in [9.17, 15) is 4.79 Å². The number of guanidine groups is 1. The number of carbonyl (C=O) groups is 1. The average molecular weight is 447 g/mol. The number of rotatable bonds is 7. The Kier molecular flexibility index (Phi) is 8.28. The summed E-state index contributed by atoms with van der Waals surface area (Å²) in [6.07, 6.45) is 3.59. The molecule has 2 heterocycles. The largest absolute Gasteiger partial charge is 0.354 e. The van der Waals surface area contributed by atoms with Gasteiger partial charge in [-0.1, -0.05) is 42.7 Å². The number of nitrogens with zero attached hydrogens (tertiary/aromatic N) is 4. The van der Waals surface area contributed by atoms with E-state index >= 15 is 0 Å². The van der Waals surface area contributed by atoms with Crippen LogP contribution in [0.1, 0.15) is 45.4 Å². The van der Waals surface area contributed by atoms with Crippen LogP contribution in [0.15, 0.2) is 33.8 Å². The van der Waals surface area contributed by atoms with Gasteiger partial charge < -0.3 is 20.1 Å². The highest BCUT2D eigenvalue weighted by molar-refractivity contribution is 6.30. The molecule has 0 bridgehead atoms. The molecule has 0 spiro atoms. The molecule has 31 heavy (non-hydrogen) atoms. The summed E-state index contributed by atoms with van der Waals surface area (Å²) in [5.74, 6) is 2.07. The third-order valence-electron chi connectivity index (χ3n) is 5.66. The van der Waals surface area contributed by atoms with Gasteiger partial charge >= 0.3 is 0 Å². The van der Waals surface area contributed by atoms with Gasteiger partial charge in [-0.25, -0.2) is 0 Å². The molecule has 0 radical (unpaired) electrons. The van der Waals surface area contributed by atoms with Gasteiger partial charge in [-0.3, -0.25) is 9.79 Å². The molecule has 1 aliphatic heterocycles. The van der Waals surface area contributed by atoms with Crippen molar-refractivity contribution >= 4 is 23.5 Å². The number of amides is 1. The first-order valence-corrected chi connectivity index (χ1v) is 11.3. The number of hydrogen-bond donors (Lipinski definition) is 2. The van der Waals surface area contributed by atoms with Crippen molar-refractivity contribution in [2.75, 3.05) is 20.1 Å². The molecule has 0 aliphatic carbocycles. The van der Waals surface area contributed by atoms with Crippen LogP contribution in [-0.2, 0) is 11.3 Å². The number of hydrogen-bond acceptors (Lipinski definition) is 5. The molecule has 0 unspecified atom stereocenters. The maximum atomic E-state index is 12.6. The minimum Gasteiger partial charge on any atom is -0.354 e. The molecule has 1 aliphatic rings. The summed E-state index contributed by atoms with van der Waals surface area (Å²) in [6.45, 7) is 6.07. The molecule has 2 N–H and O–H groups in total. The molecule has 1 fully saturated rings. The Hall–Kier alpha value is -2.61. The summed E-state index contributed by atoms with van der Waals surface area (Å²) in [6, 6.07) is 7.59. The summed E-state index contributed by atoms with van der Waals surface area (Å²) >= 11 is 6.03. The molecular weight excluding hydrogens is 416 g/mol. The SMILES string of the molecule is CCC(CC)C(=O)N1CCC(NC(=NC)NCc2nc(-c3cccc(Cl)c3)no2)CC1. The van der Waals surface area contributed by atoms with E-state index < -0.39 is 0 Å². The van der Waals surface area contributed by atoms with E-state index in [0.717, 1.165) is 44.3 Å². The van der Waals surface area contributed by atoms with Crippen molar-refractivity contribution in [2.45, 2.75) is 52.1 Å². The zero-order valence-corrected chi connectivity index (χ0v) is 19.2. The normalized spacial score (nSPS) is 15.4. The molecule has 1 amide bonds. The van der Waals surface area contributed by atoms with E-state index in [1.807, 2.05) is 17.0 Å². The first-order valence-electron chi connectivity index (χ1n) is 10.9. The quantitative estimate of drug-likeness (QED) is 0.499. The molecule has 1 aromatic heterocycles. The van der Waals surface area contributed by atoms with Crippen LogP contribution in [0.25, 0.3) is 11.4 Å². The van der Waals surface area contributed by atoms with Crippen molar-refractivity contribution in [3.63, 3.8) is 0 Å². The summed E-state index contributed by atoms with van der Waals surface area (Å²) in [4.78, 5) is 23.3. The van der Waals surface area contributed by atoms with E-state index in [1.165, 1.54) is 0 Å². The standard InChI is InChI=1S/C22H31ClN6O2/c1-4-15(5-2)21(30)29-11-9-18(10-12-29)26-22(24-3)25-14-19-27-20(28-31-19)16-7-6-8-17(23)13-16/h6-8,13,15,18H,4-5,9-12,14H2,1-3H3,(H2,24,25,26). The number of halogens is 1. The fourth-order valence-corrected chi connectivity index (χ4v) is 3.95. The number of carbonyl (C=O) groups excluding carboxylic acids is 1. The van der Waals surface area contributed by atoms with E-state index in [1.54, 1.807) is 19.2 Å². The summed E-state index contributed by atoms with van der Waals surface area (Å²) in [7, 11) is 1.73. The van der Waals surface area contributed by atoms with Gasteiger partial charge in [0.05, 0.1) is 6.54 Å². The zero-order valence-electron chi connectivity index (χ0n) is 18.4. The molecule has 9 heteroatoms. The van der Waals surface area contributed by atoms with Gasteiger partial charge in [0.15, 0.2) is 5.96 Å². The third-order valence-corrected chi connectivity index (χ3v) is 5.90. The number of benzene rings is 1. The van der Waals surface area contributed by atoms with E-state index in [-0.39, 0.29) is 17.9 Å². The Balaban J connectivity index is 1.47. The van der Waals surface area contributed by atoms with E-state index in [0.29, 0.717) is 29.2 Å². The first-order chi connectivity index (χ1) is 15.0. The Labute approximate surface area is 188 Å². The Bertz CT molecular complexity index is 888. The Morgan fingerprint density at radius 3 is 2.71 bits per heavy atom.